The van der Waals surface area contributed by atoms with Gasteiger partial charge in [-0.1, -0.05) is 23.8 Å². The number of carbonyl (C=O) groups excluding carboxylic acids is 1. The van der Waals surface area contributed by atoms with Crippen molar-refractivity contribution in [2.24, 2.45) is 0 Å². The van der Waals surface area contributed by atoms with E-state index in [2.05, 4.69) is 26.3 Å². The van der Waals surface area contributed by atoms with Gasteiger partial charge in [0.15, 0.2) is 0 Å². The van der Waals surface area contributed by atoms with Gasteiger partial charge in [0.25, 0.3) is 0 Å². The van der Waals surface area contributed by atoms with Gasteiger partial charge in [0, 0.05) is 18.7 Å². The van der Waals surface area contributed by atoms with Gasteiger partial charge in [-0.3, -0.25) is 4.79 Å². The van der Waals surface area contributed by atoms with Gasteiger partial charge >= 0.3 is 0 Å². The van der Waals surface area contributed by atoms with E-state index < -0.39 is 0 Å². The molecule has 7 heteroatoms. The molecule has 5 rings (SSSR count). The van der Waals surface area contributed by atoms with Crippen molar-refractivity contribution in [3.05, 3.63) is 48.3 Å². The third kappa shape index (κ3) is 2.95. The van der Waals surface area contributed by atoms with E-state index in [1.54, 1.807) is 4.68 Å². The fraction of sp³-hybridized carbons (Fsp3) is 0.300. The van der Waals surface area contributed by atoms with Gasteiger partial charge in [0.1, 0.15) is 17.9 Å². The smallest absolute Gasteiger partial charge is 0.246 e. The lowest BCUT2D eigenvalue weighted by molar-refractivity contribution is -0.116. The summed E-state index contributed by atoms with van der Waals surface area (Å²) in [4.78, 5) is 17.3. The Labute approximate surface area is 156 Å². The summed E-state index contributed by atoms with van der Waals surface area (Å²) in [6.45, 7) is 1.15. The molecule has 4 aromatic rings. The van der Waals surface area contributed by atoms with E-state index in [-0.39, 0.29) is 12.5 Å². The van der Waals surface area contributed by atoms with Crippen LogP contribution in [-0.2, 0) is 24.3 Å². The van der Waals surface area contributed by atoms with Gasteiger partial charge in [-0.15, -0.1) is 5.10 Å². The maximum absolute atomic E-state index is 12.5. The lowest BCUT2D eigenvalue weighted by Crippen LogP contribution is -2.19. The van der Waals surface area contributed by atoms with Gasteiger partial charge in [-0.25, -0.2) is 9.67 Å². The lowest BCUT2D eigenvalue weighted by atomic mass is 10.2. The number of anilines is 1. The normalized spacial score (nSPS) is 14.2. The van der Waals surface area contributed by atoms with Crippen molar-refractivity contribution in [2.45, 2.75) is 38.8 Å². The first-order valence-corrected chi connectivity index (χ1v) is 9.35. The molecule has 3 heterocycles. The van der Waals surface area contributed by atoms with Gasteiger partial charge < -0.3 is 9.88 Å². The Morgan fingerprint density at radius 1 is 1.04 bits per heavy atom. The van der Waals surface area contributed by atoms with Crippen LogP contribution in [0.25, 0.3) is 22.1 Å². The number of carbonyl (C=O) groups is 1. The Hall–Kier alpha value is -3.22. The molecular formula is C20H20N6O. The van der Waals surface area contributed by atoms with Crippen molar-refractivity contribution >= 4 is 33.7 Å². The molecule has 0 aliphatic carbocycles. The van der Waals surface area contributed by atoms with Crippen LogP contribution in [0.3, 0.4) is 0 Å². The standard InChI is InChI=1S/C20H20N6O/c27-20(13-26-18-7-4-3-6-15(18)23-24-26)21-14-9-10-17-16(12-14)22-19-8-2-1-5-11-25(17)19/h3-4,6-7,9-10,12H,1-2,5,8,11,13H2,(H,21,27). The summed E-state index contributed by atoms with van der Waals surface area (Å²) >= 11 is 0. The van der Waals surface area contributed by atoms with Crippen LogP contribution in [0.5, 0.6) is 0 Å². The third-order valence-electron chi connectivity index (χ3n) is 5.11. The fourth-order valence-corrected chi connectivity index (χ4v) is 3.80. The number of fused-ring (bicyclic) bond motifs is 4. The number of imidazole rings is 1. The number of nitrogens with one attached hydrogen (secondary N) is 1. The van der Waals surface area contributed by atoms with Gasteiger partial charge in [0.2, 0.25) is 5.91 Å². The van der Waals surface area contributed by atoms with Gasteiger partial charge in [-0.05, 0) is 43.2 Å². The number of amides is 1. The largest absolute Gasteiger partial charge is 0.328 e. The predicted octanol–water partition coefficient (Wildman–Crippen LogP) is 3.15. The summed E-state index contributed by atoms with van der Waals surface area (Å²) in [5, 5.41) is 11.1. The number of hydrogen-bond acceptors (Lipinski definition) is 4. The Bertz CT molecular complexity index is 1140. The number of para-hydroxylation sites is 1. The van der Waals surface area contributed by atoms with E-state index in [1.807, 2.05) is 36.4 Å². The molecule has 0 saturated carbocycles. The first-order valence-electron chi connectivity index (χ1n) is 9.35. The number of hydrogen-bond donors (Lipinski definition) is 1. The van der Waals surface area contributed by atoms with Crippen molar-refractivity contribution in [1.29, 1.82) is 0 Å². The molecule has 0 saturated heterocycles. The van der Waals surface area contributed by atoms with E-state index in [0.717, 1.165) is 46.5 Å². The highest BCUT2D eigenvalue weighted by Crippen LogP contribution is 2.24. The zero-order valence-corrected chi connectivity index (χ0v) is 14.9. The highest BCUT2D eigenvalue weighted by atomic mass is 16.2. The van der Waals surface area contributed by atoms with E-state index in [0.29, 0.717) is 0 Å². The summed E-state index contributed by atoms with van der Waals surface area (Å²) in [6, 6.07) is 13.6. The van der Waals surface area contributed by atoms with Crippen molar-refractivity contribution in [2.75, 3.05) is 5.32 Å². The number of benzene rings is 2. The van der Waals surface area contributed by atoms with Crippen LogP contribution in [0.15, 0.2) is 42.5 Å². The molecular weight excluding hydrogens is 340 g/mol. The lowest BCUT2D eigenvalue weighted by Gasteiger charge is -2.07. The molecule has 136 valence electrons. The molecule has 0 spiro atoms. The van der Waals surface area contributed by atoms with Crippen LogP contribution >= 0.6 is 0 Å². The maximum Gasteiger partial charge on any atom is 0.246 e. The quantitative estimate of drug-likeness (QED) is 0.609. The van der Waals surface area contributed by atoms with Crippen LogP contribution in [0.1, 0.15) is 25.1 Å². The molecule has 1 aliphatic heterocycles. The molecule has 1 N–H and O–H groups in total. The molecule has 0 bridgehead atoms. The van der Waals surface area contributed by atoms with Crippen LogP contribution < -0.4 is 5.32 Å². The highest BCUT2D eigenvalue weighted by molar-refractivity contribution is 5.93. The zero-order valence-electron chi connectivity index (χ0n) is 14.9. The SMILES string of the molecule is O=C(Cn1nnc2ccccc21)Nc1ccc2c(c1)nc1n2CCCCC1. The molecule has 2 aromatic heterocycles. The summed E-state index contributed by atoms with van der Waals surface area (Å²) in [7, 11) is 0. The first-order chi connectivity index (χ1) is 13.3. The molecule has 2 aromatic carbocycles. The van der Waals surface area contributed by atoms with Crippen LogP contribution in [0.2, 0.25) is 0 Å². The third-order valence-corrected chi connectivity index (χ3v) is 5.11. The fourth-order valence-electron chi connectivity index (χ4n) is 3.80. The van der Waals surface area contributed by atoms with E-state index in [1.165, 1.54) is 19.3 Å². The first kappa shape index (κ1) is 16.0. The van der Waals surface area contributed by atoms with Crippen molar-refractivity contribution < 1.29 is 4.79 Å². The van der Waals surface area contributed by atoms with E-state index in [4.69, 9.17) is 4.98 Å². The zero-order chi connectivity index (χ0) is 18.2. The number of nitrogens with zero attached hydrogens (tertiary/aromatic N) is 5. The molecule has 7 nitrogen and oxygen atoms in total. The molecule has 0 atom stereocenters. The molecule has 0 unspecified atom stereocenters. The van der Waals surface area contributed by atoms with E-state index >= 15 is 0 Å². The topological polar surface area (TPSA) is 77.6 Å². The van der Waals surface area contributed by atoms with Crippen molar-refractivity contribution in [3.63, 3.8) is 0 Å². The molecule has 1 amide bonds. The average molecular weight is 360 g/mol. The Morgan fingerprint density at radius 2 is 1.96 bits per heavy atom. The van der Waals surface area contributed by atoms with Gasteiger partial charge in [0.05, 0.1) is 16.6 Å². The van der Waals surface area contributed by atoms with Crippen LogP contribution in [0, 0.1) is 0 Å². The number of aryl methyl sites for hydroxylation is 2. The molecule has 0 radical (unpaired) electrons. The summed E-state index contributed by atoms with van der Waals surface area (Å²) in [5.41, 5.74) is 4.47. The van der Waals surface area contributed by atoms with E-state index in [9.17, 15) is 4.79 Å². The van der Waals surface area contributed by atoms with Gasteiger partial charge in [-0.2, -0.15) is 0 Å². The minimum atomic E-state index is -0.134. The Kier molecular flexibility index (Phi) is 3.85. The van der Waals surface area contributed by atoms with Crippen molar-refractivity contribution in [3.8, 4) is 0 Å². The second-order valence-corrected chi connectivity index (χ2v) is 6.98. The Balaban J connectivity index is 1.37. The number of aromatic nitrogens is 5. The van der Waals surface area contributed by atoms with Crippen molar-refractivity contribution in [1.82, 2.24) is 24.5 Å². The van der Waals surface area contributed by atoms with Crippen LogP contribution in [0.4, 0.5) is 5.69 Å². The average Bonchev–Trinajstić information content (AvgIpc) is 3.14. The molecule has 27 heavy (non-hydrogen) atoms. The second kappa shape index (κ2) is 6.50. The number of rotatable bonds is 3. The highest BCUT2D eigenvalue weighted by Gasteiger charge is 2.14. The summed E-state index contributed by atoms with van der Waals surface area (Å²) in [5.74, 6) is 1.02. The molecule has 1 aliphatic rings. The monoisotopic (exact) mass is 360 g/mol. The minimum Gasteiger partial charge on any atom is -0.328 e. The predicted molar refractivity (Wildman–Crippen MR) is 103 cm³/mol. The Morgan fingerprint density at radius 3 is 2.93 bits per heavy atom. The molecule has 0 fully saturated rings. The maximum atomic E-state index is 12.5. The minimum absolute atomic E-state index is 0.123. The summed E-state index contributed by atoms with van der Waals surface area (Å²) < 4.78 is 3.93. The second-order valence-electron chi connectivity index (χ2n) is 6.98. The van der Waals surface area contributed by atoms with Crippen LogP contribution in [-0.4, -0.2) is 30.5 Å². The summed E-state index contributed by atoms with van der Waals surface area (Å²) in [6.07, 6.45) is 4.67.